The zero-order valence-corrected chi connectivity index (χ0v) is 10.4. The van der Waals surface area contributed by atoms with Crippen molar-refractivity contribution in [1.82, 2.24) is 4.90 Å². The number of nitrogens with zero attached hydrogens (tertiary/aromatic N) is 1. The standard InChI is InChI=1S/C13H26N2O/c14-7-4-10-16-11-12-5-3-9-15-8-2-1-6-13(12)15/h12-13H,1-11,14H2/t12-,13?/m0/s1. The van der Waals surface area contributed by atoms with E-state index < -0.39 is 0 Å². The topological polar surface area (TPSA) is 38.5 Å². The van der Waals surface area contributed by atoms with Crippen molar-refractivity contribution in [2.45, 2.75) is 44.6 Å². The van der Waals surface area contributed by atoms with Gasteiger partial charge in [0.1, 0.15) is 0 Å². The van der Waals surface area contributed by atoms with Crippen LogP contribution in [0.3, 0.4) is 0 Å². The monoisotopic (exact) mass is 226 g/mol. The minimum absolute atomic E-state index is 0.750. The molecular formula is C13H26N2O. The number of ether oxygens (including phenoxy) is 1. The van der Waals surface area contributed by atoms with Crippen molar-refractivity contribution in [3.05, 3.63) is 0 Å². The molecule has 16 heavy (non-hydrogen) atoms. The van der Waals surface area contributed by atoms with Gasteiger partial charge in [-0.25, -0.2) is 0 Å². The Morgan fingerprint density at radius 3 is 2.88 bits per heavy atom. The largest absolute Gasteiger partial charge is 0.381 e. The van der Waals surface area contributed by atoms with Crippen LogP contribution in [0.1, 0.15) is 38.5 Å². The molecule has 0 radical (unpaired) electrons. The molecule has 0 aromatic heterocycles. The summed E-state index contributed by atoms with van der Waals surface area (Å²) >= 11 is 0. The summed E-state index contributed by atoms with van der Waals surface area (Å²) in [5.74, 6) is 0.784. The molecule has 0 amide bonds. The van der Waals surface area contributed by atoms with Gasteiger partial charge in [-0.15, -0.1) is 0 Å². The maximum atomic E-state index is 5.76. The molecule has 2 aliphatic heterocycles. The molecule has 0 saturated carbocycles. The van der Waals surface area contributed by atoms with E-state index in [0.29, 0.717) is 0 Å². The van der Waals surface area contributed by atoms with Crippen LogP contribution >= 0.6 is 0 Å². The summed E-state index contributed by atoms with van der Waals surface area (Å²) in [4.78, 5) is 2.70. The third kappa shape index (κ3) is 3.19. The van der Waals surface area contributed by atoms with Gasteiger partial charge in [0, 0.05) is 12.6 Å². The van der Waals surface area contributed by atoms with E-state index in [4.69, 9.17) is 10.5 Å². The second-order valence-electron chi connectivity index (χ2n) is 5.22. The fourth-order valence-electron chi connectivity index (χ4n) is 3.19. The van der Waals surface area contributed by atoms with Gasteiger partial charge in [0.25, 0.3) is 0 Å². The van der Waals surface area contributed by atoms with Crippen molar-refractivity contribution in [3.63, 3.8) is 0 Å². The molecule has 1 unspecified atom stereocenters. The Hall–Kier alpha value is -0.120. The van der Waals surface area contributed by atoms with Crippen LogP contribution in [0.4, 0.5) is 0 Å². The molecule has 0 spiro atoms. The van der Waals surface area contributed by atoms with E-state index in [1.165, 1.54) is 45.2 Å². The lowest BCUT2D eigenvalue weighted by molar-refractivity contribution is 0.00390. The molecule has 94 valence electrons. The molecule has 2 N–H and O–H groups in total. The molecule has 2 fully saturated rings. The number of fused-ring (bicyclic) bond motifs is 1. The summed E-state index contributed by atoms with van der Waals surface area (Å²) in [6, 6.07) is 0.820. The van der Waals surface area contributed by atoms with Crippen molar-refractivity contribution in [1.29, 1.82) is 0 Å². The van der Waals surface area contributed by atoms with Gasteiger partial charge in [0.15, 0.2) is 0 Å². The Labute approximate surface area is 99.3 Å². The second kappa shape index (κ2) is 6.58. The van der Waals surface area contributed by atoms with Crippen molar-refractivity contribution in [2.75, 3.05) is 32.8 Å². The predicted molar refractivity (Wildman–Crippen MR) is 66.4 cm³/mol. The minimum atomic E-state index is 0.750. The van der Waals surface area contributed by atoms with Crippen LogP contribution in [-0.4, -0.2) is 43.8 Å². The molecule has 2 atom stereocenters. The van der Waals surface area contributed by atoms with Gasteiger partial charge >= 0.3 is 0 Å². The van der Waals surface area contributed by atoms with Crippen molar-refractivity contribution >= 4 is 0 Å². The van der Waals surface area contributed by atoms with E-state index in [0.717, 1.165) is 38.1 Å². The Morgan fingerprint density at radius 2 is 2.00 bits per heavy atom. The first-order valence-corrected chi connectivity index (χ1v) is 6.93. The number of nitrogens with two attached hydrogens (primary N) is 1. The molecular weight excluding hydrogens is 200 g/mol. The van der Waals surface area contributed by atoms with Gasteiger partial charge in [-0.1, -0.05) is 6.42 Å². The highest BCUT2D eigenvalue weighted by atomic mass is 16.5. The van der Waals surface area contributed by atoms with Gasteiger partial charge in [0.05, 0.1) is 6.61 Å². The van der Waals surface area contributed by atoms with Crippen LogP contribution in [0.25, 0.3) is 0 Å². The molecule has 0 aromatic carbocycles. The average Bonchev–Trinajstić information content (AvgIpc) is 2.35. The first-order chi connectivity index (χ1) is 7.92. The second-order valence-corrected chi connectivity index (χ2v) is 5.22. The van der Waals surface area contributed by atoms with Crippen LogP contribution in [0.5, 0.6) is 0 Å². The van der Waals surface area contributed by atoms with Crippen molar-refractivity contribution in [3.8, 4) is 0 Å². The molecule has 2 aliphatic rings. The Balaban J connectivity index is 1.74. The van der Waals surface area contributed by atoms with E-state index in [2.05, 4.69) is 4.90 Å². The zero-order chi connectivity index (χ0) is 11.2. The average molecular weight is 226 g/mol. The lowest BCUT2D eigenvalue weighted by Crippen LogP contribution is -2.49. The summed E-state index contributed by atoms with van der Waals surface area (Å²) in [6.07, 6.45) is 7.94. The fourth-order valence-corrected chi connectivity index (χ4v) is 3.19. The highest BCUT2D eigenvalue weighted by molar-refractivity contribution is 4.86. The summed E-state index contributed by atoms with van der Waals surface area (Å²) in [5.41, 5.74) is 5.47. The van der Waals surface area contributed by atoms with E-state index in [1.54, 1.807) is 0 Å². The highest BCUT2D eigenvalue weighted by Crippen LogP contribution is 2.30. The van der Waals surface area contributed by atoms with Crippen LogP contribution < -0.4 is 5.73 Å². The Morgan fingerprint density at radius 1 is 1.12 bits per heavy atom. The zero-order valence-electron chi connectivity index (χ0n) is 10.4. The maximum Gasteiger partial charge on any atom is 0.0509 e. The van der Waals surface area contributed by atoms with Crippen LogP contribution in [-0.2, 0) is 4.74 Å². The first kappa shape index (κ1) is 12.3. The summed E-state index contributed by atoms with van der Waals surface area (Å²) in [5, 5.41) is 0. The van der Waals surface area contributed by atoms with E-state index in [-0.39, 0.29) is 0 Å². The normalized spacial score (nSPS) is 31.3. The SMILES string of the molecule is NCCCOC[C@@H]1CCCN2CCCCC12. The third-order valence-corrected chi connectivity index (χ3v) is 4.05. The first-order valence-electron chi connectivity index (χ1n) is 6.93. The highest BCUT2D eigenvalue weighted by Gasteiger charge is 2.32. The molecule has 2 heterocycles. The summed E-state index contributed by atoms with van der Waals surface area (Å²) in [7, 11) is 0. The third-order valence-electron chi connectivity index (χ3n) is 4.05. The number of hydrogen-bond acceptors (Lipinski definition) is 3. The molecule has 2 rings (SSSR count). The van der Waals surface area contributed by atoms with Crippen molar-refractivity contribution in [2.24, 2.45) is 11.7 Å². The lowest BCUT2D eigenvalue weighted by atomic mass is 9.84. The van der Waals surface area contributed by atoms with E-state index >= 15 is 0 Å². The van der Waals surface area contributed by atoms with Gasteiger partial charge in [-0.05, 0) is 57.7 Å². The summed E-state index contributed by atoms with van der Waals surface area (Å²) < 4.78 is 5.76. The molecule has 2 saturated heterocycles. The number of piperidine rings is 2. The Bertz CT molecular complexity index is 196. The van der Waals surface area contributed by atoms with E-state index in [1.807, 2.05) is 0 Å². The molecule has 0 bridgehead atoms. The number of hydrogen-bond donors (Lipinski definition) is 1. The van der Waals surface area contributed by atoms with Gasteiger partial charge in [-0.3, -0.25) is 0 Å². The maximum absolute atomic E-state index is 5.76. The smallest absolute Gasteiger partial charge is 0.0509 e. The fraction of sp³-hybridized carbons (Fsp3) is 1.00. The molecule has 3 nitrogen and oxygen atoms in total. The lowest BCUT2D eigenvalue weighted by Gasteiger charge is -2.44. The molecule has 0 aromatic rings. The van der Waals surface area contributed by atoms with Gasteiger partial charge in [-0.2, -0.15) is 0 Å². The van der Waals surface area contributed by atoms with E-state index in [9.17, 15) is 0 Å². The summed E-state index contributed by atoms with van der Waals surface area (Å²) in [6.45, 7) is 5.20. The quantitative estimate of drug-likeness (QED) is 0.724. The van der Waals surface area contributed by atoms with Gasteiger partial charge < -0.3 is 15.4 Å². The van der Waals surface area contributed by atoms with Crippen LogP contribution in [0, 0.1) is 5.92 Å². The van der Waals surface area contributed by atoms with Gasteiger partial charge in [0.2, 0.25) is 0 Å². The van der Waals surface area contributed by atoms with Crippen molar-refractivity contribution < 1.29 is 4.74 Å². The molecule has 3 heteroatoms. The Kier molecular flexibility index (Phi) is 5.07. The molecule has 0 aliphatic carbocycles. The van der Waals surface area contributed by atoms with Crippen LogP contribution in [0.2, 0.25) is 0 Å². The predicted octanol–water partition coefficient (Wildman–Crippen LogP) is 1.62. The van der Waals surface area contributed by atoms with Crippen LogP contribution in [0.15, 0.2) is 0 Å². The minimum Gasteiger partial charge on any atom is -0.381 e. The number of rotatable bonds is 5.